The van der Waals surface area contributed by atoms with Crippen LogP contribution in [0, 0.1) is 0 Å². The summed E-state index contributed by atoms with van der Waals surface area (Å²) in [5.41, 5.74) is 6.91. The second kappa shape index (κ2) is 8.86. The zero-order chi connectivity index (χ0) is 22.9. The van der Waals surface area contributed by atoms with E-state index in [1.165, 1.54) is 29.5 Å². The molecule has 3 heterocycles. The molecule has 0 fully saturated rings. The molecule has 3 aromatic heterocycles. The van der Waals surface area contributed by atoms with E-state index < -0.39 is 7.60 Å². The zero-order valence-electron chi connectivity index (χ0n) is 19.0. The van der Waals surface area contributed by atoms with Gasteiger partial charge in [0.15, 0.2) is 24.8 Å². The summed E-state index contributed by atoms with van der Waals surface area (Å²) in [6.07, 6.45) is 13.0. The lowest BCUT2D eigenvalue weighted by atomic mass is 9.83. The Morgan fingerprint density at radius 3 is 2.34 bits per heavy atom. The predicted octanol–water partition coefficient (Wildman–Crippen LogP) is 4.00. The van der Waals surface area contributed by atoms with Crippen LogP contribution in [0.3, 0.4) is 0 Å². The first-order valence-corrected chi connectivity index (χ1v) is 13.1. The summed E-state index contributed by atoms with van der Waals surface area (Å²) >= 11 is 0. The van der Waals surface area contributed by atoms with E-state index in [1.54, 1.807) is 0 Å². The topological polar surface area (TPSA) is 78.2 Å². The summed E-state index contributed by atoms with van der Waals surface area (Å²) in [7, 11) is -3.94. The van der Waals surface area contributed by atoms with Crippen molar-refractivity contribution in [2.75, 3.05) is 6.16 Å². The average molecular weight is 454 g/mol. The number of rotatable bonds is 8. The molecule has 4 rings (SSSR count). The second-order valence-corrected chi connectivity index (χ2v) is 11.0. The van der Waals surface area contributed by atoms with E-state index in [4.69, 9.17) is 14.8 Å². The van der Waals surface area contributed by atoms with E-state index in [1.807, 2.05) is 35.3 Å². The van der Waals surface area contributed by atoms with Crippen LogP contribution in [0.15, 0.2) is 55.2 Å². The highest BCUT2D eigenvalue weighted by Gasteiger charge is 2.39. The number of nitrogens with zero attached hydrogens (tertiary/aromatic N) is 3. The Kier molecular flexibility index (Phi) is 6.30. The molecule has 1 aliphatic carbocycles. The molecule has 168 valence electrons. The molecule has 0 aliphatic heterocycles. The SMILES string of the molecule is CCCC[n+]1ccc2c(c1)C(C)(C)c1cc(-c3cc[n+](CCCP(=O)(O)O)cc3)cnc1-2. The molecule has 0 spiro atoms. The van der Waals surface area contributed by atoms with Gasteiger partial charge in [-0.3, -0.25) is 9.55 Å². The average Bonchev–Trinajstić information content (AvgIpc) is 2.98. The van der Waals surface area contributed by atoms with Crippen molar-refractivity contribution in [1.29, 1.82) is 0 Å². The lowest BCUT2D eigenvalue weighted by Gasteiger charge is -2.20. The molecule has 0 unspecified atom stereocenters. The van der Waals surface area contributed by atoms with Crippen LogP contribution >= 0.6 is 7.60 Å². The van der Waals surface area contributed by atoms with Crippen molar-refractivity contribution in [2.45, 2.75) is 58.5 Å². The molecule has 0 bridgehead atoms. The molecule has 0 saturated heterocycles. The molecular formula is C25H32N3O3P+2. The van der Waals surface area contributed by atoms with Crippen LogP contribution in [0.2, 0.25) is 0 Å². The molecule has 3 aromatic rings. The summed E-state index contributed by atoms with van der Waals surface area (Å²) in [5.74, 6) is 0. The second-order valence-electron chi connectivity index (χ2n) is 9.18. The first-order valence-electron chi connectivity index (χ1n) is 11.3. The highest BCUT2D eigenvalue weighted by atomic mass is 31.2. The molecule has 7 heteroatoms. The highest BCUT2D eigenvalue weighted by Crippen LogP contribution is 2.47. The molecule has 0 aromatic carbocycles. The monoisotopic (exact) mass is 453 g/mol. The van der Waals surface area contributed by atoms with Gasteiger partial charge < -0.3 is 9.79 Å². The third-order valence-electron chi connectivity index (χ3n) is 6.37. The van der Waals surface area contributed by atoms with Gasteiger partial charge >= 0.3 is 7.60 Å². The quantitative estimate of drug-likeness (QED) is 0.399. The van der Waals surface area contributed by atoms with Crippen molar-refractivity contribution >= 4 is 7.60 Å². The van der Waals surface area contributed by atoms with E-state index in [0.717, 1.165) is 23.4 Å². The van der Waals surface area contributed by atoms with E-state index in [0.29, 0.717) is 13.0 Å². The molecule has 0 atom stereocenters. The lowest BCUT2D eigenvalue weighted by Crippen LogP contribution is -2.34. The third kappa shape index (κ3) is 4.68. The van der Waals surface area contributed by atoms with Crippen LogP contribution in [-0.2, 0) is 23.1 Å². The minimum atomic E-state index is -3.94. The van der Waals surface area contributed by atoms with Gasteiger partial charge in [-0.2, -0.15) is 0 Å². The largest absolute Gasteiger partial charge is 0.325 e. The summed E-state index contributed by atoms with van der Waals surface area (Å²) in [6, 6.07) is 8.53. The first kappa shape index (κ1) is 22.8. The van der Waals surface area contributed by atoms with Gasteiger partial charge in [0, 0.05) is 59.3 Å². The van der Waals surface area contributed by atoms with Gasteiger partial charge in [0.05, 0.1) is 11.9 Å². The molecule has 2 N–H and O–H groups in total. The fourth-order valence-corrected chi connectivity index (χ4v) is 4.99. The van der Waals surface area contributed by atoms with Gasteiger partial charge in [0.2, 0.25) is 0 Å². The number of hydrogen-bond acceptors (Lipinski definition) is 2. The maximum atomic E-state index is 11.0. The summed E-state index contributed by atoms with van der Waals surface area (Å²) in [5, 5.41) is 0. The van der Waals surface area contributed by atoms with Crippen molar-refractivity contribution in [3.8, 4) is 22.4 Å². The van der Waals surface area contributed by atoms with Crippen molar-refractivity contribution in [3.05, 3.63) is 66.4 Å². The highest BCUT2D eigenvalue weighted by molar-refractivity contribution is 7.51. The van der Waals surface area contributed by atoms with Crippen LogP contribution in [0.1, 0.15) is 51.2 Å². The smallest absolute Gasteiger partial charge is 0.324 e. The molecule has 0 amide bonds. The van der Waals surface area contributed by atoms with Gasteiger partial charge in [-0.1, -0.05) is 27.2 Å². The number of hydrogen-bond donors (Lipinski definition) is 2. The number of aromatic nitrogens is 3. The number of pyridine rings is 3. The van der Waals surface area contributed by atoms with E-state index in [-0.39, 0.29) is 11.6 Å². The minimum absolute atomic E-state index is 0.0927. The van der Waals surface area contributed by atoms with E-state index in [2.05, 4.69) is 49.9 Å². The van der Waals surface area contributed by atoms with E-state index in [9.17, 15) is 4.57 Å². The third-order valence-corrected chi connectivity index (χ3v) is 7.27. The predicted molar refractivity (Wildman–Crippen MR) is 124 cm³/mol. The van der Waals surface area contributed by atoms with E-state index >= 15 is 0 Å². The van der Waals surface area contributed by atoms with Crippen molar-refractivity contribution in [3.63, 3.8) is 0 Å². The minimum Gasteiger partial charge on any atom is -0.324 e. The summed E-state index contributed by atoms with van der Waals surface area (Å²) in [6.45, 7) is 8.37. The van der Waals surface area contributed by atoms with Gasteiger partial charge in [-0.25, -0.2) is 9.13 Å². The Hall–Kier alpha value is -2.40. The Morgan fingerprint density at radius 1 is 0.969 bits per heavy atom. The van der Waals surface area contributed by atoms with Gasteiger partial charge in [0.25, 0.3) is 0 Å². The van der Waals surface area contributed by atoms with Crippen molar-refractivity contribution in [2.24, 2.45) is 0 Å². The summed E-state index contributed by atoms with van der Waals surface area (Å²) in [4.78, 5) is 22.9. The normalized spacial score (nSPS) is 14.3. The Balaban J connectivity index is 1.57. The first-order chi connectivity index (χ1) is 15.2. The van der Waals surface area contributed by atoms with Crippen LogP contribution in [0.5, 0.6) is 0 Å². The maximum Gasteiger partial charge on any atom is 0.325 e. The van der Waals surface area contributed by atoms with Gasteiger partial charge in [0.1, 0.15) is 13.1 Å². The summed E-state index contributed by atoms with van der Waals surface area (Å²) < 4.78 is 15.3. The van der Waals surface area contributed by atoms with Crippen molar-refractivity contribution < 1.29 is 23.5 Å². The van der Waals surface area contributed by atoms with Crippen molar-refractivity contribution in [1.82, 2.24) is 4.98 Å². The Bertz CT molecular complexity index is 1170. The van der Waals surface area contributed by atoms with Crippen LogP contribution in [0.4, 0.5) is 0 Å². The standard InChI is InChI=1S/C25H30N3O3P/c1-4-5-10-28-14-9-21-23(18-28)25(2,3)22-16-20(17-26-24(21)22)19-7-12-27(13-8-19)11-6-15-32(29,30)31/h7-9,12-14,16-18H,4-6,10-11,15H2,1-3H3/p+2. The number of unbranched alkanes of at least 4 members (excludes halogenated alkanes) is 1. The molecule has 32 heavy (non-hydrogen) atoms. The van der Waals surface area contributed by atoms with Crippen LogP contribution in [-0.4, -0.2) is 20.9 Å². The molecule has 1 aliphatic rings. The maximum absolute atomic E-state index is 11.0. The van der Waals surface area contributed by atoms with Gasteiger partial charge in [-0.05, 0) is 17.2 Å². The number of fused-ring (bicyclic) bond motifs is 3. The van der Waals surface area contributed by atoms with Gasteiger partial charge in [-0.15, -0.1) is 0 Å². The molecule has 0 radical (unpaired) electrons. The fourth-order valence-electron chi connectivity index (χ4n) is 4.44. The fraction of sp³-hybridized carbons (Fsp3) is 0.400. The molecular weight excluding hydrogens is 421 g/mol. The molecule has 6 nitrogen and oxygen atoms in total. The lowest BCUT2D eigenvalue weighted by molar-refractivity contribution is -0.697. The van der Waals surface area contributed by atoms with Crippen LogP contribution < -0.4 is 9.13 Å². The van der Waals surface area contributed by atoms with Crippen LogP contribution in [0.25, 0.3) is 22.4 Å². The zero-order valence-corrected chi connectivity index (χ0v) is 19.9. The number of aryl methyl sites for hydroxylation is 2. The Morgan fingerprint density at radius 2 is 1.66 bits per heavy atom. The Labute approximate surface area is 189 Å². The molecule has 0 saturated carbocycles.